The van der Waals surface area contributed by atoms with E-state index in [1.807, 2.05) is 6.20 Å². The predicted octanol–water partition coefficient (Wildman–Crippen LogP) is 5.48. The smallest absolute Gasteiger partial charge is 0.123 e. The van der Waals surface area contributed by atoms with Crippen LogP contribution >= 0.6 is 0 Å². The Labute approximate surface area is 130 Å². The lowest BCUT2D eigenvalue weighted by Gasteiger charge is -2.12. The third kappa shape index (κ3) is 2.77. The van der Waals surface area contributed by atoms with Crippen molar-refractivity contribution in [3.63, 3.8) is 0 Å². The SMILES string of the molecule is Cc1ccc(-c2cc(-c3ccc(F)cc3)ncc2C)c(C)c1. The van der Waals surface area contributed by atoms with Crippen LogP contribution in [-0.2, 0) is 0 Å². The van der Waals surface area contributed by atoms with Crippen LogP contribution in [0.3, 0.4) is 0 Å². The monoisotopic (exact) mass is 291 g/mol. The van der Waals surface area contributed by atoms with E-state index in [0.717, 1.165) is 16.8 Å². The summed E-state index contributed by atoms with van der Waals surface area (Å²) in [4.78, 5) is 4.49. The average molecular weight is 291 g/mol. The maximum atomic E-state index is 13.1. The van der Waals surface area contributed by atoms with E-state index in [2.05, 4.69) is 50.0 Å². The summed E-state index contributed by atoms with van der Waals surface area (Å²) in [5.41, 5.74) is 7.82. The van der Waals surface area contributed by atoms with Gasteiger partial charge in [0.05, 0.1) is 5.69 Å². The van der Waals surface area contributed by atoms with Crippen LogP contribution in [0.25, 0.3) is 22.4 Å². The molecule has 3 rings (SSSR count). The molecule has 1 heterocycles. The molecule has 110 valence electrons. The predicted molar refractivity (Wildman–Crippen MR) is 89.3 cm³/mol. The van der Waals surface area contributed by atoms with Crippen molar-refractivity contribution in [1.29, 1.82) is 0 Å². The highest BCUT2D eigenvalue weighted by molar-refractivity contribution is 5.75. The molecule has 2 heteroatoms. The molecule has 0 aliphatic heterocycles. The summed E-state index contributed by atoms with van der Waals surface area (Å²) in [6.07, 6.45) is 1.88. The molecular weight excluding hydrogens is 273 g/mol. The zero-order valence-electron chi connectivity index (χ0n) is 13.0. The van der Waals surface area contributed by atoms with Crippen LogP contribution in [-0.4, -0.2) is 4.98 Å². The normalized spacial score (nSPS) is 10.7. The van der Waals surface area contributed by atoms with E-state index in [1.54, 1.807) is 12.1 Å². The van der Waals surface area contributed by atoms with Gasteiger partial charge < -0.3 is 0 Å². The average Bonchev–Trinajstić information content (AvgIpc) is 2.49. The highest BCUT2D eigenvalue weighted by Crippen LogP contribution is 2.30. The minimum Gasteiger partial charge on any atom is -0.256 e. The van der Waals surface area contributed by atoms with Gasteiger partial charge in [0.15, 0.2) is 0 Å². The number of rotatable bonds is 2. The van der Waals surface area contributed by atoms with Crippen molar-refractivity contribution in [2.24, 2.45) is 0 Å². The molecule has 22 heavy (non-hydrogen) atoms. The van der Waals surface area contributed by atoms with Gasteiger partial charge in [-0.1, -0.05) is 23.8 Å². The molecule has 1 nitrogen and oxygen atoms in total. The van der Waals surface area contributed by atoms with Crippen molar-refractivity contribution < 1.29 is 4.39 Å². The second-order valence-corrected chi connectivity index (χ2v) is 5.71. The highest BCUT2D eigenvalue weighted by Gasteiger charge is 2.09. The molecule has 0 aliphatic carbocycles. The highest BCUT2D eigenvalue weighted by atomic mass is 19.1. The lowest BCUT2D eigenvalue weighted by atomic mass is 9.95. The van der Waals surface area contributed by atoms with E-state index >= 15 is 0 Å². The van der Waals surface area contributed by atoms with Gasteiger partial charge in [-0.3, -0.25) is 4.98 Å². The Morgan fingerprint density at radius 1 is 0.773 bits per heavy atom. The van der Waals surface area contributed by atoms with E-state index in [0.29, 0.717) is 0 Å². The molecule has 0 N–H and O–H groups in total. The topological polar surface area (TPSA) is 12.9 Å². The van der Waals surface area contributed by atoms with Crippen LogP contribution in [0, 0.1) is 26.6 Å². The van der Waals surface area contributed by atoms with E-state index < -0.39 is 0 Å². The van der Waals surface area contributed by atoms with Gasteiger partial charge in [0.2, 0.25) is 0 Å². The Morgan fingerprint density at radius 2 is 1.50 bits per heavy atom. The minimum atomic E-state index is -0.231. The Bertz CT molecular complexity index is 820. The van der Waals surface area contributed by atoms with E-state index in [4.69, 9.17) is 0 Å². The molecule has 0 bridgehead atoms. The lowest BCUT2D eigenvalue weighted by molar-refractivity contribution is 0.628. The van der Waals surface area contributed by atoms with Gasteiger partial charge in [0.25, 0.3) is 0 Å². The van der Waals surface area contributed by atoms with Gasteiger partial charge >= 0.3 is 0 Å². The summed E-state index contributed by atoms with van der Waals surface area (Å²) in [6, 6.07) is 15.0. The van der Waals surface area contributed by atoms with Crippen molar-refractivity contribution in [3.8, 4) is 22.4 Å². The molecule has 1 aromatic heterocycles. The van der Waals surface area contributed by atoms with Crippen molar-refractivity contribution in [3.05, 3.63) is 77.2 Å². The largest absolute Gasteiger partial charge is 0.256 e. The molecule has 0 atom stereocenters. The fraction of sp³-hybridized carbons (Fsp3) is 0.150. The summed E-state index contributed by atoms with van der Waals surface area (Å²) in [6.45, 7) is 6.29. The summed E-state index contributed by atoms with van der Waals surface area (Å²) < 4.78 is 13.1. The number of pyridine rings is 1. The third-order valence-corrected chi connectivity index (χ3v) is 3.92. The first-order chi connectivity index (χ1) is 10.5. The molecule has 0 saturated heterocycles. The molecule has 0 aliphatic rings. The maximum Gasteiger partial charge on any atom is 0.123 e. The summed E-state index contributed by atoms with van der Waals surface area (Å²) in [5.74, 6) is -0.231. The first-order valence-electron chi connectivity index (χ1n) is 7.35. The van der Waals surface area contributed by atoms with Gasteiger partial charge in [-0.15, -0.1) is 0 Å². The maximum absolute atomic E-state index is 13.1. The summed E-state index contributed by atoms with van der Waals surface area (Å²) in [7, 11) is 0. The lowest BCUT2D eigenvalue weighted by Crippen LogP contribution is -1.92. The molecule has 3 aromatic rings. The molecule has 0 amide bonds. The Kier molecular flexibility index (Phi) is 3.76. The first-order valence-corrected chi connectivity index (χ1v) is 7.35. The third-order valence-electron chi connectivity index (χ3n) is 3.92. The van der Waals surface area contributed by atoms with Crippen LogP contribution in [0.1, 0.15) is 16.7 Å². The van der Waals surface area contributed by atoms with Crippen molar-refractivity contribution in [1.82, 2.24) is 4.98 Å². The molecule has 0 saturated carbocycles. The number of hydrogen-bond acceptors (Lipinski definition) is 1. The molecule has 0 radical (unpaired) electrons. The quantitative estimate of drug-likeness (QED) is 0.609. The van der Waals surface area contributed by atoms with E-state index in [-0.39, 0.29) is 5.82 Å². The zero-order chi connectivity index (χ0) is 15.7. The van der Waals surface area contributed by atoms with E-state index in [9.17, 15) is 4.39 Å². The van der Waals surface area contributed by atoms with Gasteiger partial charge in [-0.05, 0) is 73.4 Å². The van der Waals surface area contributed by atoms with Crippen molar-refractivity contribution in [2.75, 3.05) is 0 Å². The number of aryl methyl sites for hydroxylation is 3. The Balaban J connectivity index is 2.12. The number of benzene rings is 2. The number of halogens is 1. The Morgan fingerprint density at radius 3 is 2.18 bits per heavy atom. The van der Waals surface area contributed by atoms with Crippen molar-refractivity contribution >= 4 is 0 Å². The number of aromatic nitrogens is 1. The van der Waals surface area contributed by atoms with Crippen LogP contribution in [0.4, 0.5) is 4.39 Å². The second-order valence-electron chi connectivity index (χ2n) is 5.71. The second kappa shape index (κ2) is 5.72. The molecule has 2 aromatic carbocycles. The zero-order valence-corrected chi connectivity index (χ0v) is 13.0. The summed E-state index contributed by atoms with van der Waals surface area (Å²) in [5, 5.41) is 0. The van der Waals surface area contributed by atoms with Gasteiger partial charge in [-0.2, -0.15) is 0 Å². The van der Waals surface area contributed by atoms with Gasteiger partial charge in [-0.25, -0.2) is 4.39 Å². The molecular formula is C20H18FN. The fourth-order valence-corrected chi connectivity index (χ4v) is 2.71. The van der Waals surface area contributed by atoms with Crippen LogP contribution in [0.15, 0.2) is 54.7 Å². The standard InChI is InChI=1S/C20H18FN/c1-13-4-9-18(14(2)10-13)19-11-20(22-12-15(19)3)16-5-7-17(21)8-6-16/h4-12H,1-3H3. The van der Waals surface area contributed by atoms with Gasteiger partial charge in [0.1, 0.15) is 5.82 Å². The van der Waals surface area contributed by atoms with E-state index in [1.165, 1.54) is 34.4 Å². The number of nitrogens with zero attached hydrogens (tertiary/aromatic N) is 1. The summed E-state index contributed by atoms with van der Waals surface area (Å²) >= 11 is 0. The first kappa shape index (κ1) is 14.5. The number of hydrogen-bond donors (Lipinski definition) is 0. The van der Waals surface area contributed by atoms with Crippen LogP contribution < -0.4 is 0 Å². The fourth-order valence-electron chi connectivity index (χ4n) is 2.71. The molecule has 0 spiro atoms. The Hall–Kier alpha value is -2.48. The van der Waals surface area contributed by atoms with Gasteiger partial charge in [0, 0.05) is 11.8 Å². The van der Waals surface area contributed by atoms with Crippen LogP contribution in [0.2, 0.25) is 0 Å². The van der Waals surface area contributed by atoms with Crippen LogP contribution in [0.5, 0.6) is 0 Å². The van der Waals surface area contributed by atoms with Crippen molar-refractivity contribution in [2.45, 2.75) is 20.8 Å². The minimum absolute atomic E-state index is 0.231. The molecule has 0 fully saturated rings. The molecule has 0 unspecified atom stereocenters.